The Labute approximate surface area is 213 Å². The number of carbonyl (C=O) groups is 1. The van der Waals surface area contributed by atoms with Gasteiger partial charge in [-0.3, -0.25) is 4.79 Å². The summed E-state index contributed by atoms with van der Waals surface area (Å²) in [5.74, 6) is 1.41. The second kappa shape index (κ2) is 14.3. The number of nitrogens with zero attached hydrogens (tertiary/aromatic N) is 3. The zero-order chi connectivity index (χ0) is 21.9. The van der Waals surface area contributed by atoms with Gasteiger partial charge in [-0.25, -0.2) is 9.98 Å². The number of likely N-dealkylation sites (tertiary alicyclic amines) is 1. The van der Waals surface area contributed by atoms with Crippen LogP contribution in [0.2, 0.25) is 5.15 Å². The van der Waals surface area contributed by atoms with Gasteiger partial charge in [-0.1, -0.05) is 48.0 Å². The molecule has 0 aliphatic carbocycles. The molecule has 1 aliphatic heterocycles. The summed E-state index contributed by atoms with van der Waals surface area (Å²) in [5, 5.41) is 6.98. The minimum Gasteiger partial charge on any atom is -0.357 e. The fourth-order valence-corrected chi connectivity index (χ4v) is 3.91. The van der Waals surface area contributed by atoms with Crippen molar-refractivity contribution in [3.63, 3.8) is 0 Å². The van der Waals surface area contributed by atoms with Crippen LogP contribution in [0.4, 0.5) is 0 Å². The van der Waals surface area contributed by atoms with E-state index >= 15 is 0 Å². The van der Waals surface area contributed by atoms with Crippen molar-refractivity contribution in [3.05, 3.63) is 64.9 Å². The van der Waals surface area contributed by atoms with Crippen LogP contribution >= 0.6 is 35.6 Å². The number of carbonyl (C=O) groups excluding carboxylic acids is 1. The number of aliphatic imine (C=N–C) groups is 1. The van der Waals surface area contributed by atoms with E-state index in [-0.39, 0.29) is 36.4 Å². The van der Waals surface area contributed by atoms with E-state index in [0.717, 1.165) is 50.9 Å². The zero-order valence-electron chi connectivity index (χ0n) is 18.6. The third-order valence-electron chi connectivity index (χ3n) is 5.55. The molecule has 8 heteroatoms. The van der Waals surface area contributed by atoms with Crippen molar-refractivity contribution in [1.29, 1.82) is 0 Å². The van der Waals surface area contributed by atoms with Crippen LogP contribution in [0.1, 0.15) is 30.9 Å². The van der Waals surface area contributed by atoms with Crippen molar-refractivity contribution in [1.82, 2.24) is 20.5 Å². The van der Waals surface area contributed by atoms with E-state index in [0.29, 0.717) is 23.6 Å². The second-order valence-electron chi connectivity index (χ2n) is 7.87. The maximum absolute atomic E-state index is 12.6. The van der Waals surface area contributed by atoms with Crippen molar-refractivity contribution < 1.29 is 4.79 Å². The zero-order valence-corrected chi connectivity index (χ0v) is 21.7. The molecule has 0 radical (unpaired) electrons. The minimum absolute atomic E-state index is 0. The van der Waals surface area contributed by atoms with Crippen LogP contribution in [-0.4, -0.2) is 54.5 Å². The van der Waals surface area contributed by atoms with Gasteiger partial charge >= 0.3 is 0 Å². The lowest BCUT2D eigenvalue weighted by atomic mass is 9.90. The Morgan fingerprint density at radius 2 is 1.88 bits per heavy atom. The highest BCUT2D eigenvalue weighted by Gasteiger charge is 2.22. The van der Waals surface area contributed by atoms with E-state index in [4.69, 9.17) is 11.6 Å². The van der Waals surface area contributed by atoms with Crippen LogP contribution in [0.15, 0.2) is 53.7 Å². The Balaban J connectivity index is 0.00000363. The van der Waals surface area contributed by atoms with Crippen LogP contribution in [0, 0.1) is 5.92 Å². The average molecular weight is 570 g/mol. The fourth-order valence-electron chi connectivity index (χ4n) is 3.80. The number of nitrogens with one attached hydrogen (secondary N) is 2. The molecule has 174 valence electrons. The third-order valence-corrected chi connectivity index (χ3v) is 5.77. The van der Waals surface area contributed by atoms with E-state index in [1.165, 1.54) is 5.56 Å². The predicted octanol–water partition coefficient (Wildman–Crippen LogP) is 3.93. The Morgan fingerprint density at radius 1 is 1.12 bits per heavy atom. The van der Waals surface area contributed by atoms with Gasteiger partial charge in [0.15, 0.2) is 5.96 Å². The summed E-state index contributed by atoms with van der Waals surface area (Å²) in [6.45, 7) is 5.27. The van der Waals surface area contributed by atoms with Crippen molar-refractivity contribution in [2.24, 2.45) is 10.9 Å². The predicted molar refractivity (Wildman–Crippen MR) is 142 cm³/mol. The average Bonchev–Trinajstić information content (AvgIpc) is 2.80. The molecule has 1 saturated heterocycles. The van der Waals surface area contributed by atoms with Crippen molar-refractivity contribution in [2.75, 3.05) is 32.7 Å². The van der Waals surface area contributed by atoms with E-state index in [9.17, 15) is 4.79 Å². The summed E-state index contributed by atoms with van der Waals surface area (Å²) in [6, 6.07) is 14.4. The van der Waals surface area contributed by atoms with Crippen LogP contribution in [0.3, 0.4) is 0 Å². The van der Waals surface area contributed by atoms with Gasteiger partial charge in [-0.2, -0.15) is 0 Å². The summed E-state index contributed by atoms with van der Waals surface area (Å²) in [4.78, 5) is 23.2. The standard InChI is InChI=1S/C24H32ClN5O.HI/c1-2-26-24(27-13-10-21-8-9-22(25)28-17-21)29-18-23(31)30-14-11-20(12-15-30)16-19-6-4-3-5-7-19;/h3-9,17,20H,2,10-16,18H2,1H3,(H2,26,27,29);1H. The third kappa shape index (κ3) is 8.94. The quantitative estimate of drug-likeness (QED) is 0.219. The van der Waals surface area contributed by atoms with Gasteiger partial charge < -0.3 is 15.5 Å². The highest BCUT2D eigenvalue weighted by atomic mass is 127. The van der Waals surface area contributed by atoms with Crippen molar-refractivity contribution in [2.45, 2.75) is 32.6 Å². The molecule has 2 aromatic rings. The van der Waals surface area contributed by atoms with E-state index in [1.807, 2.05) is 17.9 Å². The first kappa shape index (κ1) is 26.4. The molecule has 0 saturated carbocycles. The monoisotopic (exact) mass is 569 g/mol. The summed E-state index contributed by atoms with van der Waals surface area (Å²) in [6.07, 6.45) is 5.78. The lowest BCUT2D eigenvalue weighted by molar-refractivity contribution is -0.130. The lowest BCUT2D eigenvalue weighted by Gasteiger charge is -2.32. The van der Waals surface area contributed by atoms with E-state index in [1.54, 1.807) is 12.3 Å². The maximum Gasteiger partial charge on any atom is 0.244 e. The van der Waals surface area contributed by atoms with Crippen molar-refractivity contribution >= 4 is 47.4 Å². The summed E-state index contributed by atoms with van der Waals surface area (Å²) in [5.41, 5.74) is 2.48. The highest BCUT2D eigenvalue weighted by molar-refractivity contribution is 14.0. The Bertz CT molecular complexity index is 839. The number of benzene rings is 1. The van der Waals surface area contributed by atoms with E-state index < -0.39 is 0 Å². The molecule has 1 fully saturated rings. The first-order valence-electron chi connectivity index (χ1n) is 11.1. The first-order valence-corrected chi connectivity index (χ1v) is 11.5. The molecule has 1 amide bonds. The molecule has 0 atom stereocenters. The highest BCUT2D eigenvalue weighted by Crippen LogP contribution is 2.21. The number of guanidine groups is 1. The summed E-state index contributed by atoms with van der Waals surface area (Å²) in [7, 11) is 0. The van der Waals surface area contributed by atoms with Crippen LogP contribution in [0.25, 0.3) is 0 Å². The number of hydrogen-bond acceptors (Lipinski definition) is 3. The van der Waals surface area contributed by atoms with Gasteiger partial charge in [-0.15, -0.1) is 24.0 Å². The number of rotatable bonds is 8. The molecule has 0 spiro atoms. The van der Waals surface area contributed by atoms with Gasteiger partial charge in [0, 0.05) is 32.4 Å². The number of amides is 1. The molecule has 1 aliphatic rings. The van der Waals surface area contributed by atoms with Crippen LogP contribution < -0.4 is 10.6 Å². The second-order valence-corrected chi connectivity index (χ2v) is 8.26. The molecule has 1 aromatic carbocycles. The normalized spacial score (nSPS) is 14.6. The van der Waals surface area contributed by atoms with E-state index in [2.05, 4.69) is 50.9 Å². The van der Waals surface area contributed by atoms with Crippen LogP contribution in [-0.2, 0) is 17.6 Å². The number of aromatic nitrogens is 1. The topological polar surface area (TPSA) is 69.6 Å². The van der Waals surface area contributed by atoms with Crippen LogP contribution in [0.5, 0.6) is 0 Å². The Hall–Kier alpha value is -1.87. The molecule has 1 aromatic heterocycles. The molecule has 0 bridgehead atoms. The fraction of sp³-hybridized carbons (Fsp3) is 0.458. The smallest absolute Gasteiger partial charge is 0.244 e. The van der Waals surface area contributed by atoms with Gasteiger partial charge in [0.05, 0.1) is 0 Å². The molecule has 3 rings (SSSR count). The molecule has 2 heterocycles. The molecular weight excluding hydrogens is 537 g/mol. The number of halogens is 2. The molecule has 6 nitrogen and oxygen atoms in total. The summed E-state index contributed by atoms with van der Waals surface area (Å²) < 4.78 is 0. The van der Waals surface area contributed by atoms with Gasteiger partial charge in [0.2, 0.25) is 5.91 Å². The molecule has 32 heavy (non-hydrogen) atoms. The van der Waals surface area contributed by atoms with Gasteiger partial charge in [0.1, 0.15) is 11.7 Å². The first-order chi connectivity index (χ1) is 15.1. The largest absolute Gasteiger partial charge is 0.357 e. The molecule has 2 N–H and O–H groups in total. The number of pyridine rings is 1. The molecule has 0 unspecified atom stereocenters. The summed E-state index contributed by atoms with van der Waals surface area (Å²) >= 11 is 5.82. The number of piperidine rings is 1. The maximum atomic E-state index is 12.6. The minimum atomic E-state index is 0. The van der Waals surface area contributed by atoms with Gasteiger partial charge in [-0.05, 0) is 55.7 Å². The SMILES string of the molecule is CCNC(=NCC(=O)N1CCC(Cc2ccccc2)CC1)NCCc1ccc(Cl)nc1.I. The van der Waals surface area contributed by atoms with Gasteiger partial charge in [0.25, 0.3) is 0 Å². The Morgan fingerprint density at radius 3 is 2.53 bits per heavy atom. The van der Waals surface area contributed by atoms with Crippen molar-refractivity contribution in [3.8, 4) is 0 Å². The molecular formula is C24H33ClIN5O. The number of hydrogen-bond donors (Lipinski definition) is 2. The Kier molecular flexibility index (Phi) is 11.8. The lowest BCUT2D eigenvalue weighted by Crippen LogP contribution is -2.42.